The van der Waals surface area contributed by atoms with Crippen molar-refractivity contribution in [3.8, 4) is 11.8 Å². The second-order valence-electron chi connectivity index (χ2n) is 8.67. The van der Waals surface area contributed by atoms with Gasteiger partial charge in [0.05, 0.1) is 11.3 Å². The molecule has 1 N–H and O–H groups in total. The van der Waals surface area contributed by atoms with Gasteiger partial charge in [-0.25, -0.2) is 0 Å². The quantitative estimate of drug-likeness (QED) is 0.413. The van der Waals surface area contributed by atoms with Gasteiger partial charge in [-0.2, -0.15) is 5.26 Å². The summed E-state index contributed by atoms with van der Waals surface area (Å²) < 4.78 is 8.05. The molecular formula is C25H29N5O2S2. The first kappa shape index (κ1) is 24.3. The Hall–Kier alpha value is -2.83. The fourth-order valence-electron chi connectivity index (χ4n) is 4.20. The number of hydrogen-bond acceptors (Lipinski definition) is 7. The maximum atomic E-state index is 12.7. The number of nitriles is 1. The molecule has 2 aromatic heterocycles. The zero-order valence-corrected chi connectivity index (χ0v) is 21.6. The van der Waals surface area contributed by atoms with Crippen LogP contribution in [-0.4, -0.2) is 26.4 Å². The number of nitrogens with one attached hydrogen (secondary N) is 1. The third-order valence-corrected chi connectivity index (χ3v) is 8.07. The average molecular weight is 496 g/mol. The predicted molar refractivity (Wildman–Crippen MR) is 135 cm³/mol. The molecule has 0 saturated heterocycles. The first-order chi connectivity index (χ1) is 16.4. The van der Waals surface area contributed by atoms with E-state index in [1.807, 2.05) is 49.6 Å². The van der Waals surface area contributed by atoms with Crippen LogP contribution in [0.3, 0.4) is 0 Å². The van der Waals surface area contributed by atoms with Crippen LogP contribution < -0.4 is 10.1 Å². The zero-order valence-electron chi connectivity index (χ0n) is 19.9. The Morgan fingerprint density at radius 2 is 2.26 bits per heavy atom. The van der Waals surface area contributed by atoms with Crippen molar-refractivity contribution >= 4 is 34.0 Å². The number of nitrogens with zero attached hydrogens (tertiary/aromatic N) is 4. The molecule has 2 atom stereocenters. The highest BCUT2D eigenvalue weighted by atomic mass is 32.2. The maximum Gasteiger partial charge on any atom is 0.235 e. The Bertz CT molecular complexity index is 1230. The molecule has 0 aliphatic heterocycles. The number of fused-ring (bicyclic) bond motifs is 1. The van der Waals surface area contributed by atoms with Gasteiger partial charge < -0.3 is 14.6 Å². The summed E-state index contributed by atoms with van der Waals surface area (Å²) in [4.78, 5) is 14.0. The number of thioether (sulfide) groups is 1. The molecule has 9 heteroatoms. The molecule has 0 spiro atoms. The molecule has 178 valence electrons. The summed E-state index contributed by atoms with van der Waals surface area (Å²) in [6.07, 6.45) is 2.69. The van der Waals surface area contributed by atoms with Crippen molar-refractivity contribution in [1.29, 1.82) is 5.26 Å². The number of rotatable bonds is 8. The Kier molecular flexibility index (Phi) is 7.59. The standard InChI is InChI=1S/C25H29N5O2S2/c1-5-30-23(17(4)32-18-8-6-7-15(2)11-18)28-29-25(30)33-14-22(31)27-24-20(13-26)19-10-9-16(3)12-21(19)34-24/h6-8,11,16-17H,5,9-10,12,14H2,1-4H3,(H,27,31). The van der Waals surface area contributed by atoms with Crippen LogP contribution in [0.4, 0.5) is 5.00 Å². The SMILES string of the molecule is CCn1c(SCC(=O)Nc2sc3c(c2C#N)CCC(C)C3)nnc1C(C)Oc1cccc(C)c1. The summed E-state index contributed by atoms with van der Waals surface area (Å²) in [7, 11) is 0. The molecule has 0 saturated carbocycles. The van der Waals surface area contributed by atoms with E-state index in [0.717, 1.165) is 42.0 Å². The summed E-state index contributed by atoms with van der Waals surface area (Å²) >= 11 is 2.88. The van der Waals surface area contributed by atoms with Gasteiger partial charge in [0.25, 0.3) is 0 Å². The van der Waals surface area contributed by atoms with Crippen molar-refractivity contribution in [2.45, 2.75) is 64.8 Å². The normalized spacial score (nSPS) is 15.9. The number of carbonyl (C=O) groups is 1. The summed E-state index contributed by atoms with van der Waals surface area (Å²) in [5.41, 5.74) is 2.88. The van der Waals surface area contributed by atoms with Crippen molar-refractivity contribution in [3.05, 3.63) is 51.7 Å². The molecule has 4 rings (SSSR count). The molecule has 0 radical (unpaired) electrons. The predicted octanol–water partition coefficient (Wildman–Crippen LogP) is 5.54. The smallest absolute Gasteiger partial charge is 0.235 e. The van der Waals surface area contributed by atoms with E-state index in [-0.39, 0.29) is 17.8 Å². The Morgan fingerprint density at radius 1 is 1.44 bits per heavy atom. The fraction of sp³-hybridized carbons (Fsp3) is 0.440. The summed E-state index contributed by atoms with van der Waals surface area (Å²) in [5.74, 6) is 2.16. The highest BCUT2D eigenvalue weighted by molar-refractivity contribution is 7.99. The van der Waals surface area contributed by atoms with Crippen LogP contribution in [0.15, 0.2) is 29.4 Å². The number of aromatic nitrogens is 3. The molecule has 34 heavy (non-hydrogen) atoms. The maximum absolute atomic E-state index is 12.7. The van der Waals surface area contributed by atoms with Gasteiger partial charge in [0.15, 0.2) is 17.1 Å². The average Bonchev–Trinajstić information content (AvgIpc) is 3.37. The number of aryl methyl sites for hydroxylation is 1. The third-order valence-electron chi connectivity index (χ3n) is 5.94. The number of anilines is 1. The minimum absolute atomic E-state index is 0.149. The van der Waals surface area contributed by atoms with Crippen molar-refractivity contribution in [3.63, 3.8) is 0 Å². The van der Waals surface area contributed by atoms with Gasteiger partial charge in [0.1, 0.15) is 16.8 Å². The highest BCUT2D eigenvalue weighted by Gasteiger charge is 2.25. The Labute approximate surface area is 208 Å². The van der Waals surface area contributed by atoms with Gasteiger partial charge in [-0.3, -0.25) is 4.79 Å². The number of amides is 1. The molecule has 1 amide bonds. The van der Waals surface area contributed by atoms with Gasteiger partial charge in [0.2, 0.25) is 5.91 Å². The van der Waals surface area contributed by atoms with Gasteiger partial charge in [-0.05, 0) is 69.2 Å². The molecular weight excluding hydrogens is 466 g/mol. The van der Waals surface area contributed by atoms with Crippen LogP contribution in [-0.2, 0) is 24.2 Å². The molecule has 2 unspecified atom stereocenters. The molecule has 2 heterocycles. The molecule has 0 bridgehead atoms. The number of hydrogen-bond donors (Lipinski definition) is 1. The van der Waals surface area contributed by atoms with Gasteiger partial charge >= 0.3 is 0 Å². The van der Waals surface area contributed by atoms with Crippen LogP contribution in [0.1, 0.15) is 60.7 Å². The van der Waals surface area contributed by atoms with E-state index in [1.54, 1.807) is 11.3 Å². The van der Waals surface area contributed by atoms with Crippen molar-refractivity contribution in [2.75, 3.05) is 11.1 Å². The molecule has 3 aromatic rings. The number of ether oxygens (including phenoxy) is 1. The minimum Gasteiger partial charge on any atom is -0.483 e. The molecule has 0 fully saturated rings. The lowest BCUT2D eigenvalue weighted by Gasteiger charge is -2.17. The lowest BCUT2D eigenvalue weighted by Crippen LogP contribution is -2.15. The second kappa shape index (κ2) is 10.6. The zero-order chi connectivity index (χ0) is 24.2. The molecule has 7 nitrogen and oxygen atoms in total. The lowest BCUT2D eigenvalue weighted by molar-refractivity contribution is -0.113. The van der Waals surface area contributed by atoms with E-state index in [9.17, 15) is 10.1 Å². The molecule has 1 aromatic carbocycles. The Morgan fingerprint density at radius 3 is 3.00 bits per heavy atom. The van der Waals surface area contributed by atoms with Gasteiger partial charge in [-0.1, -0.05) is 30.8 Å². The van der Waals surface area contributed by atoms with Crippen LogP contribution in [0.25, 0.3) is 0 Å². The lowest BCUT2D eigenvalue weighted by atomic mass is 9.89. The largest absolute Gasteiger partial charge is 0.483 e. The van der Waals surface area contributed by atoms with E-state index in [0.29, 0.717) is 28.2 Å². The van der Waals surface area contributed by atoms with Crippen LogP contribution in [0, 0.1) is 24.2 Å². The topological polar surface area (TPSA) is 92.8 Å². The van der Waals surface area contributed by atoms with Crippen molar-refractivity contribution in [2.24, 2.45) is 5.92 Å². The van der Waals surface area contributed by atoms with Crippen LogP contribution >= 0.6 is 23.1 Å². The first-order valence-electron chi connectivity index (χ1n) is 11.5. The summed E-state index contributed by atoms with van der Waals surface area (Å²) in [6.45, 7) is 8.89. The molecule has 1 aliphatic carbocycles. The first-order valence-corrected chi connectivity index (χ1v) is 13.3. The van der Waals surface area contributed by atoms with Gasteiger partial charge in [-0.15, -0.1) is 21.5 Å². The van der Waals surface area contributed by atoms with Gasteiger partial charge in [0, 0.05) is 11.4 Å². The van der Waals surface area contributed by atoms with Crippen molar-refractivity contribution in [1.82, 2.24) is 14.8 Å². The minimum atomic E-state index is -0.282. The van der Waals surface area contributed by atoms with Crippen LogP contribution in [0.5, 0.6) is 5.75 Å². The molecule has 1 aliphatic rings. The van der Waals surface area contributed by atoms with E-state index in [2.05, 4.69) is 28.5 Å². The highest BCUT2D eigenvalue weighted by Crippen LogP contribution is 2.39. The summed E-state index contributed by atoms with van der Waals surface area (Å²) in [5, 5.41) is 22.6. The third kappa shape index (κ3) is 5.29. The number of thiophene rings is 1. The number of carbonyl (C=O) groups excluding carboxylic acids is 1. The van der Waals surface area contributed by atoms with E-state index in [4.69, 9.17) is 4.74 Å². The van der Waals surface area contributed by atoms with E-state index in [1.165, 1.54) is 16.6 Å². The monoisotopic (exact) mass is 495 g/mol. The summed E-state index contributed by atoms with van der Waals surface area (Å²) in [6, 6.07) is 10.2. The van der Waals surface area contributed by atoms with Crippen LogP contribution in [0.2, 0.25) is 0 Å². The van der Waals surface area contributed by atoms with Crippen molar-refractivity contribution < 1.29 is 9.53 Å². The van der Waals surface area contributed by atoms with E-state index >= 15 is 0 Å². The fourth-order valence-corrected chi connectivity index (χ4v) is 6.39. The van der Waals surface area contributed by atoms with E-state index < -0.39 is 0 Å². The Balaban J connectivity index is 1.41. The number of benzene rings is 1. The second-order valence-corrected chi connectivity index (χ2v) is 10.7.